The maximum absolute atomic E-state index is 5.61. The topological polar surface area (TPSA) is 58.1 Å². The quantitative estimate of drug-likeness (QED) is 0.214. The van der Waals surface area contributed by atoms with Gasteiger partial charge in [0.2, 0.25) is 0 Å². The predicted molar refractivity (Wildman–Crippen MR) is 132 cm³/mol. The van der Waals surface area contributed by atoms with Gasteiger partial charge in [0.05, 0.1) is 13.2 Å². The SMILES string of the molecule is CCNC(=NCc1ccc(OCCOC)cc1)NCC(C)(C)N1CCCCC1.I. The average Bonchev–Trinajstić information content (AvgIpc) is 2.72. The van der Waals surface area contributed by atoms with Gasteiger partial charge in [0.1, 0.15) is 12.4 Å². The maximum atomic E-state index is 5.61. The van der Waals surface area contributed by atoms with E-state index < -0.39 is 0 Å². The molecule has 0 aliphatic carbocycles. The minimum atomic E-state index is 0. The van der Waals surface area contributed by atoms with Crippen LogP contribution in [0.2, 0.25) is 0 Å². The number of rotatable bonds is 10. The molecule has 1 aromatic rings. The Morgan fingerprint density at radius 2 is 1.76 bits per heavy atom. The highest BCUT2D eigenvalue weighted by atomic mass is 127. The van der Waals surface area contributed by atoms with Crippen molar-refractivity contribution in [3.63, 3.8) is 0 Å². The second kappa shape index (κ2) is 14.0. The molecule has 2 rings (SSSR count). The van der Waals surface area contributed by atoms with Gasteiger partial charge in [-0.25, -0.2) is 4.99 Å². The van der Waals surface area contributed by atoms with E-state index in [1.165, 1.54) is 32.4 Å². The molecule has 0 aromatic heterocycles. The average molecular weight is 518 g/mol. The Hall–Kier alpha value is -1.06. The first-order chi connectivity index (χ1) is 13.5. The molecule has 0 bridgehead atoms. The lowest BCUT2D eigenvalue weighted by atomic mass is 9.98. The molecular formula is C22H39IN4O2. The monoisotopic (exact) mass is 518 g/mol. The second-order valence-corrected chi connectivity index (χ2v) is 7.89. The van der Waals surface area contributed by atoms with Crippen LogP contribution in [0.15, 0.2) is 29.3 Å². The smallest absolute Gasteiger partial charge is 0.191 e. The van der Waals surface area contributed by atoms with Crippen LogP contribution in [0.5, 0.6) is 5.75 Å². The Morgan fingerprint density at radius 3 is 2.38 bits per heavy atom. The summed E-state index contributed by atoms with van der Waals surface area (Å²) < 4.78 is 10.6. The van der Waals surface area contributed by atoms with Crippen LogP contribution in [0.3, 0.4) is 0 Å². The highest BCUT2D eigenvalue weighted by Crippen LogP contribution is 2.19. The molecule has 1 aliphatic rings. The van der Waals surface area contributed by atoms with Gasteiger partial charge in [-0.15, -0.1) is 24.0 Å². The first kappa shape index (κ1) is 26.0. The number of likely N-dealkylation sites (tertiary alicyclic amines) is 1. The number of nitrogens with zero attached hydrogens (tertiary/aromatic N) is 2. The number of piperidine rings is 1. The fraction of sp³-hybridized carbons (Fsp3) is 0.682. The summed E-state index contributed by atoms with van der Waals surface area (Å²) in [7, 11) is 1.67. The van der Waals surface area contributed by atoms with Crippen LogP contribution in [-0.2, 0) is 11.3 Å². The molecule has 1 fully saturated rings. The highest BCUT2D eigenvalue weighted by molar-refractivity contribution is 14.0. The minimum Gasteiger partial charge on any atom is -0.491 e. The van der Waals surface area contributed by atoms with Crippen LogP contribution < -0.4 is 15.4 Å². The van der Waals surface area contributed by atoms with E-state index in [1.807, 2.05) is 12.1 Å². The molecule has 1 saturated heterocycles. The zero-order valence-corrected chi connectivity index (χ0v) is 20.8. The van der Waals surface area contributed by atoms with Crippen molar-refractivity contribution in [1.82, 2.24) is 15.5 Å². The van der Waals surface area contributed by atoms with Crippen LogP contribution in [0, 0.1) is 0 Å². The number of hydrogen-bond acceptors (Lipinski definition) is 4. The van der Waals surface area contributed by atoms with Crippen molar-refractivity contribution >= 4 is 29.9 Å². The molecule has 0 unspecified atom stereocenters. The summed E-state index contributed by atoms with van der Waals surface area (Å²) in [6, 6.07) is 8.10. The molecule has 0 atom stereocenters. The number of halogens is 1. The Bertz CT molecular complexity index is 587. The van der Waals surface area contributed by atoms with Gasteiger partial charge < -0.3 is 20.1 Å². The number of hydrogen-bond donors (Lipinski definition) is 2. The van der Waals surface area contributed by atoms with Gasteiger partial charge in [-0.05, 0) is 64.4 Å². The number of guanidine groups is 1. The summed E-state index contributed by atoms with van der Waals surface area (Å²) >= 11 is 0. The molecule has 1 heterocycles. The lowest BCUT2D eigenvalue weighted by molar-refractivity contribution is 0.0982. The van der Waals surface area contributed by atoms with Gasteiger partial charge in [-0.1, -0.05) is 18.6 Å². The molecule has 0 amide bonds. The summed E-state index contributed by atoms with van der Waals surface area (Å²) in [5.74, 6) is 1.73. The summed E-state index contributed by atoms with van der Waals surface area (Å²) in [6.45, 7) is 12.6. The third-order valence-corrected chi connectivity index (χ3v) is 5.14. The van der Waals surface area contributed by atoms with Crippen molar-refractivity contribution in [1.29, 1.82) is 0 Å². The molecule has 0 spiro atoms. The van der Waals surface area contributed by atoms with Crippen molar-refractivity contribution in [2.45, 2.75) is 52.1 Å². The molecule has 2 N–H and O–H groups in total. The van der Waals surface area contributed by atoms with Gasteiger partial charge in [0.15, 0.2) is 5.96 Å². The van der Waals surface area contributed by atoms with Gasteiger partial charge in [-0.3, -0.25) is 4.90 Å². The largest absolute Gasteiger partial charge is 0.491 e. The highest BCUT2D eigenvalue weighted by Gasteiger charge is 2.27. The number of methoxy groups -OCH3 is 1. The van der Waals surface area contributed by atoms with Crippen LogP contribution >= 0.6 is 24.0 Å². The van der Waals surface area contributed by atoms with E-state index in [0.29, 0.717) is 19.8 Å². The zero-order valence-electron chi connectivity index (χ0n) is 18.5. The summed E-state index contributed by atoms with van der Waals surface area (Å²) in [5.41, 5.74) is 1.28. The lowest BCUT2D eigenvalue weighted by Gasteiger charge is -2.41. The van der Waals surface area contributed by atoms with Crippen LogP contribution in [-0.4, -0.2) is 62.9 Å². The van der Waals surface area contributed by atoms with Crippen molar-refractivity contribution < 1.29 is 9.47 Å². The van der Waals surface area contributed by atoms with Gasteiger partial charge >= 0.3 is 0 Å². The van der Waals surface area contributed by atoms with E-state index >= 15 is 0 Å². The molecule has 7 heteroatoms. The fourth-order valence-corrected chi connectivity index (χ4v) is 3.36. The molecule has 166 valence electrons. The number of nitrogens with one attached hydrogen (secondary N) is 2. The molecule has 29 heavy (non-hydrogen) atoms. The molecule has 1 aromatic carbocycles. The fourth-order valence-electron chi connectivity index (χ4n) is 3.36. The van der Waals surface area contributed by atoms with E-state index in [0.717, 1.165) is 30.4 Å². The first-order valence-corrected chi connectivity index (χ1v) is 10.5. The van der Waals surface area contributed by atoms with Crippen LogP contribution in [0.1, 0.15) is 45.6 Å². The Labute approximate surface area is 193 Å². The summed E-state index contributed by atoms with van der Waals surface area (Å²) in [6.07, 6.45) is 3.98. The number of aliphatic imine (C=N–C) groups is 1. The van der Waals surface area contributed by atoms with E-state index in [9.17, 15) is 0 Å². The van der Waals surface area contributed by atoms with E-state index in [4.69, 9.17) is 14.5 Å². The van der Waals surface area contributed by atoms with Gasteiger partial charge in [-0.2, -0.15) is 0 Å². The van der Waals surface area contributed by atoms with Crippen LogP contribution in [0.25, 0.3) is 0 Å². The van der Waals surface area contributed by atoms with Crippen molar-refractivity contribution in [3.8, 4) is 5.75 Å². The van der Waals surface area contributed by atoms with E-state index in [1.54, 1.807) is 7.11 Å². The Morgan fingerprint density at radius 1 is 1.07 bits per heavy atom. The lowest BCUT2D eigenvalue weighted by Crippen LogP contribution is -2.54. The van der Waals surface area contributed by atoms with Crippen molar-refractivity contribution in [2.75, 3.05) is 46.5 Å². The van der Waals surface area contributed by atoms with Gasteiger partial charge in [0, 0.05) is 25.7 Å². The third kappa shape index (κ3) is 9.53. The standard InChI is InChI=1S/C22H38N4O2.HI/c1-5-23-21(25-18-22(2,3)26-13-7-6-8-14-26)24-17-19-9-11-20(12-10-19)28-16-15-27-4;/h9-12H,5-8,13-18H2,1-4H3,(H2,23,24,25);1H. The minimum absolute atomic E-state index is 0. The second-order valence-electron chi connectivity index (χ2n) is 7.89. The van der Waals surface area contributed by atoms with Crippen molar-refractivity contribution in [3.05, 3.63) is 29.8 Å². The first-order valence-electron chi connectivity index (χ1n) is 10.5. The van der Waals surface area contributed by atoms with Crippen molar-refractivity contribution in [2.24, 2.45) is 4.99 Å². The Kier molecular flexibility index (Phi) is 12.6. The van der Waals surface area contributed by atoms with Crippen LogP contribution in [0.4, 0.5) is 0 Å². The third-order valence-electron chi connectivity index (χ3n) is 5.14. The molecule has 0 radical (unpaired) electrons. The predicted octanol–water partition coefficient (Wildman–Crippen LogP) is 3.65. The molecule has 1 aliphatic heterocycles. The Balaban J connectivity index is 0.00000420. The molecule has 6 nitrogen and oxygen atoms in total. The molecular weight excluding hydrogens is 479 g/mol. The van der Waals surface area contributed by atoms with E-state index in [2.05, 4.69) is 48.4 Å². The normalized spacial score (nSPS) is 15.5. The maximum Gasteiger partial charge on any atom is 0.191 e. The summed E-state index contributed by atoms with van der Waals surface area (Å²) in [5, 5.41) is 6.89. The zero-order chi connectivity index (χ0) is 20.2. The summed E-state index contributed by atoms with van der Waals surface area (Å²) in [4.78, 5) is 7.34. The number of benzene rings is 1. The van der Waals surface area contributed by atoms with E-state index in [-0.39, 0.29) is 29.5 Å². The van der Waals surface area contributed by atoms with Gasteiger partial charge in [0.25, 0.3) is 0 Å². The molecule has 0 saturated carbocycles. The number of ether oxygens (including phenoxy) is 2.